The summed E-state index contributed by atoms with van der Waals surface area (Å²) in [6, 6.07) is 9.80. The summed E-state index contributed by atoms with van der Waals surface area (Å²) >= 11 is 0. The van der Waals surface area contributed by atoms with Gasteiger partial charge in [0.15, 0.2) is 0 Å². The minimum atomic E-state index is 0.0178. The zero-order chi connectivity index (χ0) is 14.1. The maximum absolute atomic E-state index is 12.4. The lowest BCUT2D eigenvalue weighted by atomic mass is 10.1. The maximum atomic E-state index is 12.4. The van der Waals surface area contributed by atoms with Crippen LogP contribution in [0.2, 0.25) is 0 Å². The third-order valence-corrected chi connectivity index (χ3v) is 3.85. The molecule has 0 N–H and O–H groups in total. The molecule has 3 heteroatoms. The summed E-state index contributed by atoms with van der Waals surface area (Å²) in [7, 11) is 1.81. The lowest BCUT2D eigenvalue weighted by Gasteiger charge is -2.04. The van der Waals surface area contributed by atoms with E-state index in [-0.39, 0.29) is 5.56 Å². The van der Waals surface area contributed by atoms with E-state index in [0.717, 1.165) is 35.1 Å². The van der Waals surface area contributed by atoms with Gasteiger partial charge in [-0.25, -0.2) is 0 Å². The molecule has 2 heterocycles. The average Bonchev–Trinajstić information content (AvgIpc) is 2.89. The van der Waals surface area contributed by atoms with E-state index in [2.05, 4.69) is 6.92 Å². The molecule has 0 aliphatic heterocycles. The third kappa shape index (κ3) is 2.03. The van der Waals surface area contributed by atoms with Crippen LogP contribution >= 0.6 is 0 Å². The fourth-order valence-electron chi connectivity index (χ4n) is 2.72. The van der Waals surface area contributed by atoms with Crippen molar-refractivity contribution in [3.63, 3.8) is 0 Å². The minimum Gasteiger partial charge on any atom is -0.460 e. The number of benzene rings is 1. The Balaban J connectivity index is 2.20. The summed E-state index contributed by atoms with van der Waals surface area (Å²) in [6.07, 6.45) is 4.38. The second-order valence-corrected chi connectivity index (χ2v) is 5.29. The van der Waals surface area contributed by atoms with Gasteiger partial charge < -0.3 is 8.98 Å². The van der Waals surface area contributed by atoms with Crippen LogP contribution in [0.1, 0.15) is 31.9 Å². The highest BCUT2D eigenvalue weighted by Crippen LogP contribution is 2.26. The molecule has 0 aliphatic rings. The van der Waals surface area contributed by atoms with E-state index in [4.69, 9.17) is 4.42 Å². The van der Waals surface area contributed by atoms with Crippen LogP contribution in [-0.4, -0.2) is 4.57 Å². The predicted octanol–water partition coefficient (Wildman–Crippen LogP) is 4.02. The Morgan fingerprint density at radius 2 is 1.95 bits per heavy atom. The normalized spacial score (nSPS) is 11.5. The zero-order valence-corrected chi connectivity index (χ0v) is 12.0. The fourth-order valence-corrected chi connectivity index (χ4v) is 2.72. The quantitative estimate of drug-likeness (QED) is 0.671. The summed E-state index contributed by atoms with van der Waals surface area (Å²) in [6.45, 7) is 2.18. The van der Waals surface area contributed by atoms with Crippen molar-refractivity contribution < 1.29 is 4.42 Å². The number of aryl methyl sites for hydroxylation is 2. The van der Waals surface area contributed by atoms with Gasteiger partial charge in [-0.1, -0.05) is 31.9 Å². The molecule has 0 radical (unpaired) electrons. The van der Waals surface area contributed by atoms with Crippen LogP contribution < -0.4 is 5.56 Å². The molecule has 0 amide bonds. The second-order valence-electron chi connectivity index (χ2n) is 5.29. The standard InChI is InChI=1S/C17H19NO2/c1-3-4-5-8-12-11-14-16(20-12)13-9-6-7-10-15(13)18(2)17(14)19/h6-7,9-11H,3-5,8H2,1-2H3. The van der Waals surface area contributed by atoms with Crippen LogP contribution in [0, 0.1) is 0 Å². The highest BCUT2D eigenvalue weighted by atomic mass is 16.3. The largest absolute Gasteiger partial charge is 0.460 e. The van der Waals surface area contributed by atoms with E-state index in [1.807, 2.05) is 37.4 Å². The Kier molecular flexibility index (Phi) is 3.35. The monoisotopic (exact) mass is 269 g/mol. The number of furan rings is 1. The first-order valence-electron chi connectivity index (χ1n) is 7.22. The van der Waals surface area contributed by atoms with Crippen LogP contribution in [0.25, 0.3) is 21.9 Å². The molecule has 0 aliphatic carbocycles. The fraction of sp³-hybridized carbons (Fsp3) is 0.353. The number of unbranched alkanes of at least 4 members (excludes halogenated alkanes) is 2. The molecule has 3 aromatic rings. The molecule has 0 saturated carbocycles. The highest BCUT2D eigenvalue weighted by molar-refractivity contribution is 6.02. The zero-order valence-electron chi connectivity index (χ0n) is 12.0. The van der Waals surface area contributed by atoms with Crippen molar-refractivity contribution in [2.45, 2.75) is 32.6 Å². The average molecular weight is 269 g/mol. The Labute approximate surface area is 117 Å². The maximum Gasteiger partial charge on any atom is 0.261 e. The molecule has 0 spiro atoms. The first kappa shape index (κ1) is 13.0. The molecule has 0 atom stereocenters. The first-order valence-corrected chi connectivity index (χ1v) is 7.22. The van der Waals surface area contributed by atoms with E-state index >= 15 is 0 Å². The van der Waals surface area contributed by atoms with Crippen molar-refractivity contribution >= 4 is 21.9 Å². The van der Waals surface area contributed by atoms with E-state index in [0.29, 0.717) is 5.39 Å². The summed E-state index contributed by atoms with van der Waals surface area (Å²) in [4.78, 5) is 12.4. The van der Waals surface area contributed by atoms with Crippen molar-refractivity contribution in [3.8, 4) is 0 Å². The number of pyridine rings is 1. The number of rotatable bonds is 4. The molecule has 2 aromatic heterocycles. The van der Waals surface area contributed by atoms with Crippen molar-refractivity contribution in [2.75, 3.05) is 0 Å². The summed E-state index contributed by atoms with van der Waals surface area (Å²) in [5.74, 6) is 0.918. The number of para-hydroxylation sites is 1. The van der Waals surface area contributed by atoms with Gasteiger partial charge in [0.25, 0.3) is 5.56 Å². The van der Waals surface area contributed by atoms with E-state index in [9.17, 15) is 4.79 Å². The molecule has 0 unspecified atom stereocenters. The Morgan fingerprint density at radius 3 is 2.75 bits per heavy atom. The van der Waals surface area contributed by atoms with Gasteiger partial charge in [-0.05, 0) is 24.6 Å². The molecule has 3 rings (SSSR count). The van der Waals surface area contributed by atoms with Gasteiger partial charge >= 0.3 is 0 Å². The predicted molar refractivity (Wildman–Crippen MR) is 82.2 cm³/mol. The molecule has 0 saturated heterocycles. The number of hydrogen-bond acceptors (Lipinski definition) is 2. The van der Waals surface area contributed by atoms with E-state index in [1.165, 1.54) is 12.8 Å². The third-order valence-electron chi connectivity index (χ3n) is 3.85. The molecule has 20 heavy (non-hydrogen) atoms. The number of aromatic nitrogens is 1. The van der Waals surface area contributed by atoms with Gasteiger partial charge in [0.05, 0.1) is 10.9 Å². The van der Waals surface area contributed by atoms with E-state index in [1.54, 1.807) is 4.57 Å². The minimum absolute atomic E-state index is 0.0178. The molecule has 1 aromatic carbocycles. The topological polar surface area (TPSA) is 35.1 Å². The van der Waals surface area contributed by atoms with Crippen LogP contribution in [0.4, 0.5) is 0 Å². The molecule has 104 valence electrons. The number of hydrogen-bond donors (Lipinski definition) is 0. The smallest absolute Gasteiger partial charge is 0.261 e. The van der Waals surface area contributed by atoms with Crippen molar-refractivity contribution in [2.24, 2.45) is 7.05 Å². The highest BCUT2D eigenvalue weighted by Gasteiger charge is 2.13. The molecular formula is C17H19NO2. The van der Waals surface area contributed by atoms with Crippen LogP contribution in [0.3, 0.4) is 0 Å². The van der Waals surface area contributed by atoms with Crippen LogP contribution in [-0.2, 0) is 13.5 Å². The molecule has 3 nitrogen and oxygen atoms in total. The SMILES string of the molecule is CCCCCc1cc2c(=O)n(C)c3ccccc3c2o1. The van der Waals surface area contributed by atoms with Gasteiger partial charge in [-0.15, -0.1) is 0 Å². The second kappa shape index (κ2) is 5.16. The Hall–Kier alpha value is -2.03. The van der Waals surface area contributed by atoms with E-state index < -0.39 is 0 Å². The van der Waals surface area contributed by atoms with Crippen LogP contribution in [0.5, 0.6) is 0 Å². The first-order chi connectivity index (χ1) is 9.72. The van der Waals surface area contributed by atoms with Gasteiger partial charge in [-0.3, -0.25) is 4.79 Å². The van der Waals surface area contributed by atoms with Crippen molar-refractivity contribution in [1.29, 1.82) is 0 Å². The number of fused-ring (bicyclic) bond motifs is 3. The lowest BCUT2D eigenvalue weighted by Crippen LogP contribution is -2.16. The van der Waals surface area contributed by atoms with Gasteiger partial charge in [0.2, 0.25) is 0 Å². The summed E-state index contributed by atoms with van der Waals surface area (Å²) in [5.41, 5.74) is 1.67. The Morgan fingerprint density at radius 1 is 1.15 bits per heavy atom. The lowest BCUT2D eigenvalue weighted by molar-refractivity contribution is 0.533. The molecule has 0 bridgehead atoms. The van der Waals surface area contributed by atoms with Crippen molar-refractivity contribution in [1.82, 2.24) is 4.57 Å². The Bertz CT molecular complexity index is 811. The van der Waals surface area contributed by atoms with Gasteiger partial charge in [-0.2, -0.15) is 0 Å². The van der Waals surface area contributed by atoms with Gasteiger partial charge in [0.1, 0.15) is 11.3 Å². The molecular weight excluding hydrogens is 250 g/mol. The van der Waals surface area contributed by atoms with Crippen LogP contribution in [0.15, 0.2) is 39.5 Å². The van der Waals surface area contributed by atoms with Gasteiger partial charge in [0, 0.05) is 18.9 Å². The summed E-state index contributed by atoms with van der Waals surface area (Å²) < 4.78 is 7.65. The number of nitrogens with zero attached hydrogens (tertiary/aromatic N) is 1. The van der Waals surface area contributed by atoms with Crippen molar-refractivity contribution in [3.05, 3.63) is 46.4 Å². The molecule has 0 fully saturated rings. The summed E-state index contributed by atoms with van der Waals surface area (Å²) in [5, 5.41) is 1.70.